The highest BCUT2D eigenvalue weighted by Gasteiger charge is 2.16. The molecule has 0 bridgehead atoms. The summed E-state index contributed by atoms with van der Waals surface area (Å²) in [6.45, 7) is 3.89. The normalized spacial score (nSPS) is 11.0. The molecule has 0 unspecified atom stereocenters. The summed E-state index contributed by atoms with van der Waals surface area (Å²) in [5, 5.41) is 10.9. The van der Waals surface area contributed by atoms with E-state index >= 15 is 0 Å². The summed E-state index contributed by atoms with van der Waals surface area (Å²) < 4.78 is 5.75. The lowest BCUT2D eigenvalue weighted by molar-refractivity contribution is 0.241. The van der Waals surface area contributed by atoms with Crippen LogP contribution in [0.4, 0.5) is 0 Å². The molecule has 5 nitrogen and oxygen atoms in total. The van der Waals surface area contributed by atoms with Gasteiger partial charge in [0.1, 0.15) is 11.5 Å². The third kappa shape index (κ3) is 5.85. The number of phenols is 1. The Bertz CT molecular complexity index is 1670. The topological polar surface area (TPSA) is 68.1 Å². The van der Waals surface area contributed by atoms with Crippen LogP contribution in [0.1, 0.15) is 13.8 Å². The van der Waals surface area contributed by atoms with Gasteiger partial charge in [-0.3, -0.25) is 0 Å². The van der Waals surface area contributed by atoms with Crippen molar-refractivity contribution in [1.29, 1.82) is 0 Å². The molecule has 0 aliphatic heterocycles. The first-order chi connectivity index (χ1) is 20.0. The Morgan fingerprint density at radius 2 is 0.902 bits per heavy atom. The van der Waals surface area contributed by atoms with E-state index in [1.165, 1.54) is 0 Å². The van der Waals surface area contributed by atoms with Crippen LogP contribution in [-0.2, 0) is 0 Å². The van der Waals surface area contributed by atoms with Gasteiger partial charge >= 0.3 is 0 Å². The quantitative estimate of drug-likeness (QED) is 0.221. The summed E-state index contributed by atoms with van der Waals surface area (Å²) in [6.07, 6.45) is -0.00616. The average Bonchev–Trinajstić information content (AvgIpc) is 3.02. The molecular formula is C36H29N3O2. The summed E-state index contributed by atoms with van der Waals surface area (Å²) in [6, 6.07) is 42.0. The number of nitrogens with zero attached hydrogens (tertiary/aromatic N) is 3. The zero-order chi connectivity index (χ0) is 28.2. The van der Waals surface area contributed by atoms with E-state index in [2.05, 4.69) is 48.5 Å². The van der Waals surface area contributed by atoms with Crippen molar-refractivity contribution in [3.63, 3.8) is 0 Å². The van der Waals surface area contributed by atoms with Crippen LogP contribution in [0, 0.1) is 0 Å². The molecular weight excluding hydrogens is 506 g/mol. The number of hydrogen-bond acceptors (Lipinski definition) is 5. The molecule has 1 heterocycles. The SMILES string of the molecule is CC(C)Oc1ccc(-c2nc(-c3ccc(-c4ccccc4)cc3)nc(-c3ccc(-c4ccccc4)cc3)n2)c(O)c1. The molecule has 1 N–H and O–H groups in total. The van der Waals surface area contributed by atoms with Crippen LogP contribution < -0.4 is 4.74 Å². The highest BCUT2D eigenvalue weighted by atomic mass is 16.5. The predicted molar refractivity (Wildman–Crippen MR) is 164 cm³/mol. The monoisotopic (exact) mass is 535 g/mol. The first-order valence-corrected chi connectivity index (χ1v) is 13.6. The summed E-state index contributed by atoms with van der Waals surface area (Å²) in [7, 11) is 0. The van der Waals surface area contributed by atoms with Crippen LogP contribution in [0.2, 0.25) is 0 Å². The fourth-order valence-corrected chi connectivity index (χ4v) is 4.69. The Morgan fingerprint density at radius 1 is 0.488 bits per heavy atom. The Kier molecular flexibility index (Phi) is 7.25. The number of phenolic OH excluding ortho intramolecular Hbond substituents is 1. The van der Waals surface area contributed by atoms with Gasteiger partial charge in [-0.05, 0) is 48.2 Å². The molecule has 0 fully saturated rings. The molecule has 0 atom stereocenters. The van der Waals surface area contributed by atoms with E-state index in [4.69, 9.17) is 19.7 Å². The van der Waals surface area contributed by atoms with Crippen LogP contribution in [-0.4, -0.2) is 26.2 Å². The number of ether oxygens (including phenoxy) is 1. The number of aromatic hydroxyl groups is 1. The van der Waals surface area contributed by atoms with Gasteiger partial charge in [-0.15, -0.1) is 0 Å². The average molecular weight is 536 g/mol. The Hall–Kier alpha value is -5.29. The third-order valence-electron chi connectivity index (χ3n) is 6.72. The fraction of sp³-hybridized carbons (Fsp3) is 0.0833. The second-order valence-corrected chi connectivity index (χ2v) is 10.0. The minimum absolute atomic E-state index is 0.00616. The van der Waals surface area contributed by atoms with Crippen LogP contribution >= 0.6 is 0 Å². The van der Waals surface area contributed by atoms with E-state index in [-0.39, 0.29) is 11.9 Å². The molecule has 0 amide bonds. The smallest absolute Gasteiger partial charge is 0.167 e. The van der Waals surface area contributed by atoms with Gasteiger partial charge in [-0.2, -0.15) is 0 Å². The van der Waals surface area contributed by atoms with Gasteiger partial charge in [0.15, 0.2) is 17.5 Å². The largest absolute Gasteiger partial charge is 0.507 e. The number of benzene rings is 5. The molecule has 5 aromatic carbocycles. The summed E-state index contributed by atoms with van der Waals surface area (Å²) >= 11 is 0. The molecule has 0 spiro atoms. The van der Waals surface area contributed by atoms with E-state index in [1.54, 1.807) is 12.1 Å². The highest BCUT2D eigenvalue weighted by molar-refractivity contribution is 5.73. The number of rotatable bonds is 7. The van der Waals surface area contributed by atoms with Crippen molar-refractivity contribution in [3.05, 3.63) is 127 Å². The minimum atomic E-state index is -0.00616. The highest BCUT2D eigenvalue weighted by Crippen LogP contribution is 2.34. The van der Waals surface area contributed by atoms with Crippen molar-refractivity contribution < 1.29 is 9.84 Å². The molecule has 0 radical (unpaired) electrons. The molecule has 0 aliphatic rings. The molecule has 0 saturated carbocycles. The van der Waals surface area contributed by atoms with E-state index in [9.17, 15) is 5.11 Å². The van der Waals surface area contributed by atoms with Crippen molar-refractivity contribution in [2.24, 2.45) is 0 Å². The maximum atomic E-state index is 10.9. The molecule has 41 heavy (non-hydrogen) atoms. The van der Waals surface area contributed by atoms with Crippen LogP contribution in [0.15, 0.2) is 127 Å². The molecule has 1 aromatic heterocycles. The Balaban J connectivity index is 1.42. The molecule has 0 aliphatic carbocycles. The molecule has 6 rings (SSSR count). The summed E-state index contributed by atoms with van der Waals surface area (Å²) in [5.74, 6) is 2.07. The van der Waals surface area contributed by atoms with Crippen molar-refractivity contribution in [3.8, 4) is 67.9 Å². The van der Waals surface area contributed by atoms with Gasteiger partial charge in [0, 0.05) is 17.2 Å². The maximum absolute atomic E-state index is 10.9. The first kappa shape index (κ1) is 26.0. The van der Waals surface area contributed by atoms with E-state index < -0.39 is 0 Å². The van der Waals surface area contributed by atoms with Crippen LogP contribution in [0.5, 0.6) is 11.5 Å². The molecule has 0 saturated heterocycles. The van der Waals surface area contributed by atoms with E-state index in [1.807, 2.05) is 80.6 Å². The zero-order valence-corrected chi connectivity index (χ0v) is 22.9. The van der Waals surface area contributed by atoms with Gasteiger partial charge in [0.05, 0.1) is 11.7 Å². The summed E-state index contributed by atoms with van der Waals surface area (Å²) in [4.78, 5) is 14.5. The van der Waals surface area contributed by atoms with Gasteiger partial charge in [-0.1, -0.05) is 109 Å². The second kappa shape index (κ2) is 11.4. The van der Waals surface area contributed by atoms with Gasteiger partial charge in [0.2, 0.25) is 0 Å². The predicted octanol–water partition coefficient (Wildman–Crippen LogP) is 8.70. The molecule has 5 heteroatoms. The third-order valence-corrected chi connectivity index (χ3v) is 6.72. The second-order valence-electron chi connectivity index (χ2n) is 10.0. The van der Waals surface area contributed by atoms with Crippen molar-refractivity contribution in [1.82, 2.24) is 15.0 Å². The van der Waals surface area contributed by atoms with Crippen LogP contribution in [0.3, 0.4) is 0 Å². The lowest BCUT2D eigenvalue weighted by atomic mass is 10.0. The van der Waals surface area contributed by atoms with Crippen molar-refractivity contribution >= 4 is 0 Å². The zero-order valence-electron chi connectivity index (χ0n) is 22.9. The Labute approximate surface area is 239 Å². The summed E-state index contributed by atoms with van der Waals surface area (Å²) in [5.41, 5.74) is 6.72. The lowest BCUT2D eigenvalue weighted by Gasteiger charge is -2.13. The van der Waals surface area contributed by atoms with Gasteiger partial charge < -0.3 is 9.84 Å². The number of aromatic nitrogens is 3. The van der Waals surface area contributed by atoms with Gasteiger partial charge in [-0.25, -0.2) is 15.0 Å². The first-order valence-electron chi connectivity index (χ1n) is 13.6. The lowest BCUT2D eigenvalue weighted by Crippen LogP contribution is -2.05. The number of hydrogen-bond donors (Lipinski definition) is 1. The van der Waals surface area contributed by atoms with E-state index in [0.717, 1.165) is 33.4 Å². The molecule has 6 aromatic rings. The van der Waals surface area contributed by atoms with Crippen molar-refractivity contribution in [2.75, 3.05) is 0 Å². The molecule has 200 valence electrons. The Morgan fingerprint density at radius 3 is 1.34 bits per heavy atom. The standard InChI is InChI=1S/C36H29N3O2/c1-24(2)41-31-21-22-32(33(40)23-31)36-38-34(29-17-13-27(14-18-29)25-9-5-3-6-10-25)37-35(39-36)30-19-15-28(16-20-30)26-11-7-4-8-12-26/h3-24,40H,1-2H3. The maximum Gasteiger partial charge on any atom is 0.167 e. The van der Waals surface area contributed by atoms with Crippen molar-refractivity contribution in [2.45, 2.75) is 20.0 Å². The minimum Gasteiger partial charge on any atom is -0.507 e. The van der Waals surface area contributed by atoms with Gasteiger partial charge in [0.25, 0.3) is 0 Å². The fourth-order valence-electron chi connectivity index (χ4n) is 4.69. The van der Waals surface area contributed by atoms with Crippen LogP contribution in [0.25, 0.3) is 56.4 Å². The van der Waals surface area contributed by atoms with E-state index in [0.29, 0.717) is 28.8 Å².